The normalized spacial score (nSPS) is 14.5. The highest BCUT2D eigenvalue weighted by molar-refractivity contribution is 5.62. The predicted molar refractivity (Wildman–Crippen MR) is 94.5 cm³/mol. The summed E-state index contributed by atoms with van der Waals surface area (Å²) in [5.74, 6) is 1.76. The van der Waals surface area contributed by atoms with Gasteiger partial charge in [-0.15, -0.1) is 0 Å². The standard InChI is InChI=1S/C20H21N3O/c1-24-14-15-7-5-10-17(13-15)20-21-19(16-8-3-2-4-9-16)22-23(20)18-11-6-12-18/h2-5,7-10,13,18H,6,11-12,14H2,1H3. The van der Waals surface area contributed by atoms with E-state index < -0.39 is 0 Å². The summed E-state index contributed by atoms with van der Waals surface area (Å²) in [5.41, 5.74) is 3.32. The van der Waals surface area contributed by atoms with Gasteiger partial charge in [-0.1, -0.05) is 48.5 Å². The average molecular weight is 319 g/mol. The molecule has 4 rings (SSSR count). The lowest BCUT2D eigenvalue weighted by atomic mass is 9.93. The van der Waals surface area contributed by atoms with E-state index in [9.17, 15) is 0 Å². The maximum Gasteiger partial charge on any atom is 0.181 e. The molecule has 0 aliphatic heterocycles. The summed E-state index contributed by atoms with van der Waals surface area (Å²) in [4.78, 5) is 4.87. The molecule has 0 saturated heterocycles. The number of hydrogen-bond donors (Lipinski definition) is 0. The fraction of sp³-hybridized carbons (Fsp3) is 0.300. The smallest absolute Gasteiger partial charge is 0.181 e. The van der Waals surface area contributed by atoms with Crippen molar-refractivity contribution in [2.75, 3.05) is 7.11 Å². The molecule has 3 aromatic rings. The lowest BCUT2D eigenvalue weighted by molar-refractivity contribution is 0.185. The first-order valence-corrected chi connectivity index (χ1v) is 8.45. The Morgan fingerprint density at radius 3 is 2.54 bits per heavy atom. The van der Waals surface area contributed by atoms with Gasteiger partial charge in [0.15, 0.2) is 11.6 Å². The van der Waals surface area contributed by atoms with Gasteiger partial charge in [-0.3, -0.25) is 0 Å². The van der Waals surface area contributed by atoms with Crippen LogP contribution in [0, 0.1) is 0 Å². The van der Waals surface area contributed by atoms with E-state index in [4.69, 9.17) is 14.8 Å². The molecule has 0 radical (unpaired) electrons. The van der Waals surface area contributed by atoms with Crippen LogP contribution in [0.4, 0.5) is 0 Å². The second kappa shape index (κ2) is 6.57. The number of nitrogens with zero attached hydrogens (tertiary/aromatic N) is 3. The van der Waals surface area contributed by atoms with Crippen LogP contribution < -0.4 is 0 Å². The van der Waals surface area contributed by atoms with E-state index in [0.717, 1.165) is 28.3 Å². The molecule has 0 atom stereocenters. The minimum Gasteiger partial charge on any atom is -0.380 e. The van der Waals surface area contributed by atoms with Gasteiger partial charge in [0.1, 0.15) is 0 Å². The third kappa shape index (κ3) is 2.85. The van der Waals surface area contributed by atoms with Crippen molar-refractivity contribution in [3.8, 4) is 22.8 Å². The van der Waals surface area contributed by atoms with Crippen molar-refractivity contribution in [3.63, 3.8) is 0 Å². The summed E-state index contributed by atoms with van der Waals surface area (Å²) in [6.07, 6.45) is 3.64. The molecule has 0 N–H and O–H groups in total. The Kier molecular flexibility index (Phi) is 4.13. The van der Waals surface area contributed by atoms with Crippen LogP contribution in [0.2, 0.25) is 0 Å². The van der Waals surface area contributed by atoms with Crippen LogP contribution >= 0.6 is 0 Å². The number of methoxy groups -OCH3 is 1. The van der Waals surface area contributed by atoms with Gasteiger partial charge < -0.3 is 4.74 Å². The first-order chi connectivity index (χ1) is 11.8. The summed E-state index contributed by atoms with van der Waals surface area (Å²) in [6, 6.07) is 19.1. The van der Waals surface area contributed by atoms with E-state index in [2.05, 4.69) is 41.1 Å². The summed E-state index contributed by atoms with van der Waals surface area (Å²) < 4.78 is 7.38. The minimum absolute atomic E-state index is 0.469. The Balaban J connectivity index is 1.78. The number of benzene rings is 2. The van der Waals surface area contributed by atoms with Crippen LogP contribution in [-0.2, 0) is 11.3 Å². The number of ether oxygens (including phenoxy) is 1. The fourth-order valence-corrected chi connectivity index (χ4v) is 3.08. The van der Waals surface area contributed by atoms with E-state index in [1.54, 1.807) is 7.11 Å². The molecule has 1 aliphatic carbocycles. The minimum atomic E-state index is 0.469. The highest BCUT2D eigenvalue weighted by Crippen LogP contribution is 2.35. The largest absolute Gasteiger partial charge is 0.380 e. The molecule has 1 aromatic heterocycles. The zero-order chi connectivity index (χ0) is 16.4. The molecule has 1 aliphatic rings. The quantitative estimate of drug-likeness (QED) is 0.696. The van der Waals surface area contributed by atoms with E-state index in [1.165, 1.54) is 19.3 Å². The first-order valence-electron chi connectivity index (χ1n) is 8.45. The van der Waals surface area contributed by atoms with E-state index in [1.807, 2.05) is 18.2 Å². The van der Waals surface area contributed by atoms with Crippen molar-refractivity contribution in [2.24, 2.45) is 0 Å². The SMILES string of the molecule is COCc1cccc(-c2nc(-c3ccccc3)nn2C2CCC2)c1. The van der Waals surface area contributed by atoms with Crippen molar-refractivity contribution in [1.82, 2.24) is 14.8 Å². The van der Waals surface area contributed by atoms with Crippen LogP contribution in [0.1, 0.15) is 30.9 Å². The lowest BCUT2D eigenvalue weighted by Gasteiger charge is -2.26. The average Bonchev–Trinajstić information content (AvgIpc) is 2.99. The molecule has 1 saturated carbocycles. The predicted octanol–water partition coefficient (Wildman–Crippen LogP) is 4.48. The lowest BCUT2D eigenvalue weighted by Crippen LogP contribution is -2.19. The van der Waals surface area contributed by atoms with Crippen molar-refractivity contribution >= 4 is 0 Å². The molecule has 0 bridgehead atoms. The summed E-state index contributed by atoms with van der Waals surface area (Å²) >= 11 is 0. The number of hydrogen-bond acceptors (Lipinski definition) is 3. The van der Waals surface area contributed by atoms with Crippen molar-refractivity contribution in [3.05, 3.63) is 60.2 Å². The van der Waals surface area contributed by atoms with Gasteiger partial charge in [0.25, 0.3) is 0 Å². The molecule has 0 unspecified atom stereocenters. The number of aromatic nitrogens is 3. The summed E-state index contributed by atoms with van der Waals surface area (Å²) in [6.45, 7) is 0.608. The molecular formula is C20H21N3O. The van der Waals surface area contributed by atoms with Gasteiger partial charge in [-0.2, -0.15) is 5.10 Å². The highest BCUT2D eigenvalue weighted by Gasteiger charge is 2.25. The van der Waals surface area contributed by atoms with Gasteiger partial charge in [-0.05, 0) is 30.9 Å². The van der Waals surface area contributed by atoms with Gasteiger partial charge in [0.05, 0.1) is 12.6 Å². The first kappa shape index (κ1) is 15.1. The fourth-order valence-electron chi connectivity index (χ4n) is 3.08. The molecule has 122 valence electrons. The van der Waals surface area contributed by atoms with E-state index in [0.29, 0.717) is 12.6 Å². The maximum absolute atomic E-state index is 5.26. The Hall–Kier alpha value is -2.46. The molecular weight excluding hydrogens is 298 g/mol. The number of rotatable bonds is 5. The van der Waals surface area contributed by atoms with Gasteiger partial charge in [0.2, 0.25) is 0 Å². The third-order valence-electron chi connectivity index (χ3n) is 4.58. The van der Waals surface area contributed by atoms with E-state index >= 15 is 0 Å². The van der Waals surface area contributed by atoms with Gasteiger partial charge >= 0.3 is 0 Å². The molecule has 1 heterocycles. The van der Waals surface area contributed by atoms with Crippen LogP contribution in [0.5, 0.6) is 0 Å². The van der Waals surface area contributed by atoms with Gasteiger partial charge in [0, 0.05) is 18.2 Å². The molecule has 0 amide bonds. The van der Waals surface area contributed by atoms with Crippen molar-refractivity contribution in [2.45, 2.75) is 31.9 Å². The van der Waals surface area contributed by atoms with Crippen LogP contribution in [-0.4, -0.2) is 21.9 Å². The molecule has 4 heteroatoms. The maximum atomic E-state index is 5.26. The molecule has 2 aromatic carbocycles. The summed E-state index contributed by atoms with van der Waals surface area (Å²) in [7, 11) is 1.72. The Morgan fingerprint density at radius 1 is 1.04 bits per heavy atom. The van der Waals surface area contributed by atoms with Gasteiger partial charge in [-0.25, -0.2) is 9.67 Å². The van der Waals surface area contributed by atoms with Crippen molar-refractivity contribution in [1.29, 1.82) is 0 Å². The molecule has 0 spiro atoms. The molecule has 1 fully saturated rings. The second-order valence-corrected chi connectivity index (χ2v) is 6.29. The zero-order valence-corrected chi connectivity index (χ0v) is 13.9. The second-order valence-electron chi connectivity index (χ2n) is 6.29. The topological polar surface area (TPSA) is 39.9 Å². The molecule has 24 heavy (non-hydrogen) atoms. The molecule has 4 nitrogen and oxygen atoms in total. The summed E-state index contributed by atoms with van der Waals surface area (Å²) in [5, 5.41) is 4.83. The Morgan fingerprint density at radius 2 is 1.83 bits per heavy atom. The van der Waals surface area contributed by atoms with Crippen LogP contribution in [0.15, 0.2) is 54.6 Å². The monoisotopic (exact) mass is 319 g/mol. The Labute approximate surface area is 142 Å². The Bertz CT molecular complexity index is 822. The third-order valence-corrected chi connectivity index (χ3v) is 4.58. The van der Waals surface area contributed by atoms with Crippen molar-refractivity contribution < 1.29 is 4.74 Å². The zero-order valence-electron chi connectivity index (χ0n) is 13.9. The van der Waals surface area contributed by atoms with Crippen LogP contribution in [0.25, 0.3) is 22.8 Å². The van der Waals surface area contributed by atoms with E-state index in [-0.39, 0.29) is 0 Å². The van der Waals surface area contributed by atoms with Crippen LogP contribution in [0.3, 0.4) is 0 Å². The highest BCUT2D eigenvalue weighted by atomic mass is 16.5.